The van der Waals surface area contributed by atoms with Gasteiger partial charge >= 0.3 is 5.69 Å². The fourth-order valence-electron chi connectivity index (χ4n) is 1.95. The van der Waals surface area contributed by atoms with Crippen molar-refractivity contribution in [2.24, 2.45) is 5.41 Å². The van der Waals surface area contributed by atoms with Crippen LogP contribution < -0.4 is 10.1 Å². The monoisotopic (exact) mass is 292 g/mol. The van der Waals surface area contributed by atoms with Crippen LogP contribution in [0.4, 0.5) is 5.69 Å². The third-order valence-corrected chi connectivity index (χ3v) is 3.50. The van der Waals surface area contributed by atoms with Gasteiger partial charge in [0.1, 0.15) is 0 Å². The molecular formula is C16H24N2O3. The zero-order chi connectivity index (χ0) is 15.5. The maximum atomic E-state index is 11.1. The van der Waals surface area contributed by atoms with Crippen molar-refractivity contribution in [3.05, 3.63) is 33.9 Å². The summed E-state index contributed by atoms with van der Waals surface area (Å²) in [5.41, 5.74) is 1.22. The lowest BCUT2D eigenvalue weighted by Crippen LogP contribution is -2.15. The maximum Gasteiger partial charge on any atom is 0.310 e. The van der Waals surface area contributed by atoms with Crippen LogP contribution in [-0.4, -0.2) is 17.6 Å². The second-order valence-electron chi connectivity index (χ2n) is 6.87. The highest BCUT2D eigenvalue weighted by atomic mass is 16.6. The van der Waals surface area contributed by atoms with Crippen LogP contribution in [0.5, 0.6) is 5.75 Å². The fourth-order valence-corrected chi connectivity index (χ4v) is 1.95. The van der Waals surface area contributed by atoms with E-state index in [-0.39, 0.29) is 16.0 Å². The van der Waals surface area contributed by atoms with Crippen molar-refractivity contribution in [3.8, 4) is 5.75 Å². The molecule has 0 heterocycles. The smallest absolute Gasteiger partial charge is 0.310 e. The van der Waals surface area contributed by atoms with Gasteiger partial charge in [-0.1, -0.05) is 26.8 Å². The van der Waals surface area contributed by atoms with Crippen molar-refractivity contribution < 1.29 is 9.66 Å². The zero-order valence-corrected chi connectivity index (χ0v) is 13.0. The molecule has 0 aromatic heterocycles. The highest BCUT2D eigenvalue weighted by Gasteiger charge is 2.21. The van der Waals surface area contributed by atoms with E-state index in [9.17, 15) is 10.1 Å². The topological polar surface area (TPSA) is 64.4 Å². The Morgan fingerprint density at radius 1 is 1.38 bits per heavy atom. The van der Waals surface area contributed by atoms with Crippen molar-refractivity contribution in [3.63, 3.8) is 0 Å². The van der Waals surface area contributed by atoms with Crippen LogP contribution >= 0.6 is 0 Å². The number of hydrogen-bond donors (Lipinski definition) is 1. The standard InChI is InChI=1S/C16H24N2O3/c1-16(2,3)8-9-21-15-10-12(11-17-13-5-6-13)4-7-14(15)18(19)20/h4,7,10,13,17H,5-6,8-9,11H2,1-3H3. The van der Waals surface area contributed by atoms with Gasteiger partial charge in [0.15, 0.2) is 5.75 Å². The molecule has 5 nitrogen and oxygen atoms in total. The average Bonchev–Trinajstić information content (AvgIpc) is 3.18. The van der Waals surface area contributed by atoms with Crippen molar-refractivity contribution in [1.29, 1.82) is 0 Å². The van der Waals surface area contributed by atoms with Crippen LogP contribution in [0.2, 0.25) is 0 Å². The molecule has 0 saturated heterocycles. The molecule has 1 aliphatic carbocycles. The van der Waals surface area contributed by atoms with E-state index in [0.717, 1.165) is 18.5 Å². The third-order valence-electron chi connectivity index (χ3n) is 3.50. The molecule has 0 bridgehead atoms. The SMILES string of the molecule is CC(C)(C)CCOc1cc(CNC2CC2)ccc1[N+](=O)[O-]. The van der Waals surface area contributed by atoms with Gasteiger partial charge in [0.05, 0.1) is 11.5 Å². The van der Waals surface area contributed by atoms with Gasteiger partial charge in [0, 0.05) is 18.7 Å². The van der Waals surface area contributed by atoms with Crippen molar-refractivity contribution >= 4 is 5.69 Å². The Morgan fingerprint density at radius 2 is 2.10 bits per heavy atom. The van der Waals surface area contributed by atoms with E-state index >= 15 is 0 Å². The van der Waals surface area contributed by atoms with Gasteiger partial charge in [-0.2, -0.15) is 0 Å². The molecule has 21 heavy (non-hydrogen) atoms. The highest BCUT2D eigenvalue weighted by molar-refractivity contribution is 5.48. The summed E-state index contributed by atoms with van der Waals surface area (Å²) in [5.74, 6) is 0.374. The molecule has 0 amide bonds. The first-order chi connectivity index (χ1) is 9.85. The van der Waals surface area contributed by atoms with Crippen LogP contribution in [0.3, 0.4) is 0 Å². The Morgan fingerprint density at radius 3 is 2.67 bits per heavy atom. The Bertz CT molecular complexity index is 505. The lowest BCUT2D eigenvalue weighted by Gasteiger charge is -2.18. The van der Waals surface area contributed by atoms with Crippen LogP contribution in [0, 0.1) is 15.5 Å². The molecule has 5 heteroatoms. The van der Waals surface area contributed by atoms with Crippen LogP contribution in [0.15, 0.2) is 18.2 Å². The number of nitro benzene ring substituents is 1. The molecule has 116 valence electrons. The van der Waals surface area contributed by atoms with Gasteiger partial charge in [-0.25, -0.2) is 0 Å². The van der Waals surface area contributed by atoms with Crippen LogP contribution in [0.25, 0.3) is 0 Å². The number of rotatable bonds is 7. The summed E-state index contributed by atoms with van der Waals surface area (Å²) in [6.07, 6.45) is 3.30. The molecule has 0 atom stereocenters. The lowest BCUT2D eigenvalue weighted by atomic mass is 9.93. The molecule has 1 fully saturated rings. The Hall–Kier alpha value is -1.62. The molecule has 0 radical (unpaired) electrons. The van der Waals surface area contributed by atoms with Crippen molar-refractivity contribution in [2.75, 3.05) is 6.61 Å². The number of benzene rings is 1. The van der Waals surface area contributed by atoms with Crippen LogP contribution in [0.1, 0.15) is 45.6 Å². The highest BCUT2D eigenvalue weighted by Crippen LogP contribution is 2.29. The average molecular weight is 292 g/mol. The van der Waals surface area contributed by atoms with Gasteiger partial charge in [0.25, 0.3) is 0 Å². The number of ether oxygens (including phenoxy) is 1. The molecular weight excluding hydrogens is 268 g/mol. The summed E-state index contributed by atoms with van der Waals surface area (Å²) >= 11 is 0. The van der Waals surface area contributed by atoms with Crippen molar-refractivity contribution in [2.45, 2.75) is 52.6 Å². The van der Waals surface area contributed by atoms with Crippen LogP contribution in [-0.2, 0) is 6.54 Å². The van der Waals surface area contributed by atoms with E-state index in [4.69, 9.17) is 4.74 Å². The number of nitrogens with zero attached hydrogens (tertiary/aromatic N) is 1. The molecule has 0 unspecified atom stereocenters. The first kappa shape index (κ1) is 15.8. The van der Waals surface area contributed by atoms with Gasteiger partial charge < -0.3 is 10.1 Å². The molecule has 1 N–H and O–H groups in total. The Labute approximate surface area is 125 Å². The second-order valence-corrected chi connectivity index (χ2v) is 6.87. The summed E-state index contributed by atoms with van der Waals surface area (Å²) in [6, 6.07) is 5.74. The summed E-state index contributed by atoms with van der Waals surface area (Å²) in [6.45, 7) is 7.60. The van der Waals surface area contributed by atoms with Gasteiger partial charge in [-0.15, -0.1) is 0 Å². The molecule has 1 saturated carbocycles. The Balaban J connectivity index is 2.02. The minimum atomic E-state index is -0.384. The first-order valence-electron chi connectivity index (χ1n) is 7.49. The predicted octanol–water partition coefficient (Wildman–Crippen LogP) is 3.66. The van der Waals surface area contributed by atoms with Gasteiger partial charge in [-0.05, 0) is 36.3 Å². The third kappa shape index (κ3) is 5.34. The largest absolute Gasteiger partial charge is 0.487 e. The van der Waals surface area contributed by atoms with E-state index in [1.807, 2.05) is 0 Å². The molecule has 1 aliphatic rings. The van der Waals surface area contributed by atoms with E-state index in [1.54, 1.807) is 12.1 Å². The normalized spacial score (nSPS) is 15.0. The van der Waals surface area contributed by atoms with E-state index in [1.165, 1.54) is 18.9 Å². The number of nitro groups is 1. The molecule has 0 spiro atoms. The van der Waals surface area contributed by atoms with E-state index in [0.29, 0.717) is 18.4 Å². The second kappa shape index (κ2) is 6.43. The van der Waals surface area contributed by atoms with E-state index in [2.05, 4.69) is 26.1 Å². The lowest BCUT2D eigenvalue weighted by molar-refractivity contribution is -0.385. The van der Waals surface area contributed by atoms with Gasteiger partial charge in [0.2, 0.25) is 0 Å². The molecule has 2 rings (SSSR count). The van der Waals surface area contributed by atoms with Crippen molar-refractivity contribution in [1.82, 2.24) is 5.32 Å². The summed E-state index contributed by atoms with van der Waals surface area (Å²) in [4.78, 5) is 10.7. The number of hydrogen-bond acceptors (Lipinski definition) is 4. The number of nitrogens with one attached hydrogen (secondary N) is 1. The molecule has 0 aliphatic heterocycles. The zero-order valence-electron chi connectivity index (χ0n) is 13.0. The maximum absolute atomic E-state index is 11.1. The first-order valence-corrected chi connectivity index (χ1v) is 7.49. The van der Waals surface area contributed by atoms with E-state index < -0.39 is 0 Å². The van der Waals surface area contributed by atoms with Gasteiger partial charge in [-0.3, -0.25) is 10.1 Å². The fraction of sp³-hybridized carbons (Fsp3) is 0.625. The quantitative estimate of drug-likeness (QED) is 0.615. The minimum absolute atomic E-state index is 0.0408. The summed E-state index contributed by atoms with van der Waals surface area (Å²) < 4.78 is 5.67. The molecule has 1 aromatic rings. The minimum Gasteiger partial charge on any atom is -0.487 e. The predicted molar refractivity (Wildman–Crippen MR) is 82.5 cm³/mol. The summed E-state index contributed by atoms with van der Waals surface area (Å²) in [5, 5.41) is 14.5. The summed E-state index contributed by atoms with van der Waals surface area (Å²) in [7, 11) is 0. The molecule has 1 aromatic carbocycles. The Kier molecular flexibility index (Phi) is 4.83.